The molecule has 1 aliphatic heterocycles. The Hall–Kier alpha value is -2.75. The predicted octanol–water partition coefficient (Wildman–Crippen LogP) is 5.05. The van der Waals surface area contributed by atoms with E-state index in [0.717, 1.165) is 48.2 Å². The van der Waals surface area contributed by atoms with Gasteiger partial charge < -0.3 is 4.90 Å². The summed E-state index contributed by atoms with van der Waals surface area (Å²) in [6.45, 7) is 6.96. The number of aromatic nitrogens is 2. The van der Waals surface area contributed by atoms with Crippen LogP contribution in [0.1, 0.15) is 59.4 Å². The molecule has 4 rings (SSSR count). The van der Waals surface area contributed by atoms with E-state index in [1.807, 2.05) is 38.1 Å². The van der Waals surface area contributed by atoms with E-state index in [1.54, 1.807) is 0 Å². The summed E-state index contributed by atoms with van der Waals surface area (Å²) < 4.78 is 0. The van der Waals surface area contributed by atoms with Crippen molar-refractivity contribution >= 4 is 16.9 Å². The average Bonchev–Trinajstić information content (AvgIpc) is 3.19. The fourth-order valence-corrected chi connectivity index (χ4v) is 4.42. The first kappa shape index (κ1) is 18.6. The number of hydrogen-bond donors (Lipinski definition) is 0. The van der Waals surface area contributed by atoms with Crippen molar-refractivity contribution in [3.63, 3.8) is 0 Å². The molecule has 144 valence electrons. The van der Waals surface area contributed by atoms with E-state index in [9.17, 15) is 4.79 Å². The predicted molar refractivity (Wildman–Crippen MR) is 113 cm³/mol. The largest absolute Gasteiger partial charge is 0.335 e. The van der Waals surface area contributed by atoms with Crippen molar-refractivity contribution in [3.8, 4) is 0 Å². The Bertz CT molecular complexity index is 999. The van der Waals surface area contributed by atoms with Crippen LogP contribution in [-0.2, 0) is 0 Å². The van der Waals surface area contributed by atoms with Crippen LogP contribution in [-0.4, -0.2) is 33.4 Å². The average molecular weight is 374 g/mol. The molecular formula is C24H27N3O. The van der Waals surface area contributed by atoms with E-state index >= 15 is 0 Å². The number of benzene rings is 2. The maximum atomic E-state index is 13.4. The van der Waals surface area contributed by atoms with Crippen LogP contribution in [0.4, 0.5) is 0 Å². The van der Waals surface area contributed by atoms with Gasteiger partial charge in [0.2, 0.25) is 0 Å². The molecule has 4 nitrogen and oxygen atoms in total. The molecule has 2 aromatic carbocycles. The van der Waals surface area contributed by atoms with Gasteiger partial charge in [0.15, 0.2) is 0 Å². The summed E-state index contributed by atoms with van der Waals surface area (Å²) in [7, 11) is 0. The molecule has 2 heterocycles. The number of fused-ring (bicyclic) bond motifs is 1. The van der Waals surface area contributed by atoms with Crippen molar-refractivity contribution in [1.82, 2.24) is 14.9 Å². The second kappa shape index (κ2) is 7.70. The molecule has 0 spiro atoms. The van der Waals surface area contributed by atoms with Crippen LogP contribution in [0, 0.1) is 13.8 Å². The number of aryl methyl sites for hydroxylation is 2. The van der Waals surface area contributed by atoms with E-state index < -0.39 is 0 Å². The molecule has 2 atom stereocenters. The zero-order valence-corrected chi connectivity index (χ0v) is 16.9. The van der Waals surface area contributed by atoms with Crippen LogP contribution in [0.15, 0.2) is 48.5 Å². The quantitative estimate of drug-likeness (QED) is 0.643. The maximum absolute atomic E-state index is 13.4. The monoisotopic (exact) mass is 373 g/mol. The minimum atomic E-state index is 0.110. The first-order valence-electron chi connectivity index (χ1n) is 10.2. The first-order chi connectivity index (χ1) is 13.6. The van der Waals surface area contributed by atoms with Crippen molar-refractivity contribution in [2.45, 2.75) is 52.0 Å². The van der Waals surface area contributed by atoms with Gasteiger partial charge in [0.1, 0.15) is 0 Å². The van der Waals surface area contributed by atoms with E-state index in [1.165, 1.54) is 5.56 Å². The Balaban J connectivity index is 1.65. The molecule has 1 aromatic heterocycles. The highest BCUT2D eigenvalue weighted by molar-refractivity contribution is 5.97. The molecule has 1 fully saturated rings. The van der Waals surface area contributed by atoms with E-state index in [2.05, 4.69) is 46.1 Å². The highest BCUT2D eigenvalue weighted by Gasteiger charge is 2.35. The van der Waals surface area contributed by atoms with Gasteiger partial charge in [-0.15, -0.1) is 0 Å². The molecule has 4 heteroatoms. The van der Waals surface area contributed by atoms with Crippen molar-refractivity contribution in [3.05, 3.63) is 71.0 Å². The topological polar surface area (TPSA) is 46.1 Å². The lowest BCUT2D eigenvalue weighted by Crippen LogP contribution is -2.39. The Morgan fingerprint density at radius 3 is 2.50 bits per heavy atom. The van der Waals surface area contributed by atoms with Gasteiger partial charge in [0, 0.05) is 24.1 Å². The molecule has 0 aliphatic carbocycles. The van der Waals surface area contributed by atoms with Crippen molar-refractivity contribution in [2.24, 2.45) is 0 Å². The summed E-state index contributed by atoms with van der Waals surface area (Å²) in [5.74, 6) is 0.483. The van der Waals surface area contributed by atoms with E-state index in [-0.39, 0.29) is 11.9 Å². The summed E-state index contributed by atoms with van der Waals surface area (Å²) in [6, 6.07) is 16.6. The normalized spacial score (nSPS) is 17.8. The Labute approximate surface area is 166 Å². The molecule has 0 radical (unpaired) electrons. The third kappa shape index (κ3) is 3.39. The van der Waals surface area contributed by atoms with E-state index in [4.69, 9.17) is 0 Å². The van der Waals surface area contributed by atoms with Gasteiger partial charge in [-0.3, -0.25) is 4.79 Å². The van der Waals surface area contributed by atoms with Gasteiger partial charge in [-0.25, -0.2) is 9.97 Å². The van der Waals surface area contributed by atoms with Gasteiger partial charge in [0.25, 0.3) is 5.91 Å². The lowest BCUT2D eigenvalue weighted by molar-refractivity contribution is 0.0714. The van der Waals surface area contributed by atoms with Gasteiger partial charge in [-0.2, -0.15) is 0 Å². The number of amides is 1. The van der Waals surface area contributed by atoms with Crippen LogP contribution < -0.4 is 0 Å². The van der Waals surface area contributed by atoms with Gasteiger partial charge in [0.05, 0.1) is 22.4 Å². The molecular weight excluding hydrogens is 346 g/mol. The fraction of sp³-hybridized carbons (Fsp3) is 0.375. The summed E-state index contributed by atoms with van der Waals surface area (Å²) in [6.07, 6.45) is 3.15. The van der Waals surface area contributed by atoms with Crippen LogP contribution in [0.25, 0.3) is 11.0 Å². The molecule has 0 bridgehead atoms. The SMILES string of the molecule is CC[C@H](c1ccccc1)[C@H]1CCCN1C(=O)c1ccc2nc(C)c(C)nc2c1. The Morgan fingerprint density at radius 1 is 1.07 bits per heavy atom. The van der Waals surface area contributed by atoms with Gasteiger partial charge >= 0.3 is 0 Å². The molecule has 0 N–H and O–H groups in total. The Kier molecular flexibility index (Phi) is 5.12. The Morgan fingerprint density at radius 2 is 1.79 bits per heavy atom. The second-order valence-electron chi connectivity index (χ2n) is 7.73. The maximum Gasteiger partial charge on any atom is 0.254 e. The standard InChI is InChI=1S/C24H27N3O/c1-4-20(18-9-6-5-7-10-18)23-11-8-14-27(23)24(28)19-12-13-21-22(15-19)26-17(3)16(2)25-21/h5-7,9-10,12-13,15,20,23H,4,8,11,14H2,1-3H3/t20-,23-/m1/s1. The van der Waals surface area contributed by atoms with Gasteiger partial charge in [-0.1, -0.05) is 37.3 Å². The molecule has 1 aliphatic rings. The molecule has 0 saturated carbocycles. The third-order valence-corrected chi connectivity index (χ3v) is 6.01. The summed E-state index contributed by atoms with van der Waals surface area (Å²) in [4.78, 5) is 24.7. The second-order valence-corrected chi connectivity index (χ2v) is 7.73. The van der Waals surface area contributed by atoms with Crippen molar-refractivity contribution < 1.29 is 4.79 Å². The fourth-order valence-electron chi connectivity index (χ4n) is 4.42. The highest BCUT2D eigenvalue weighted by atomic mass is 16.2. The summed E-state index contributed by atoms with van der Waals surface area (Å²) >= 11 is 0. The number of carbonyl (C=O) groups is 1. The number of nitrogens with zero attached hydrogens (tertiary/aromatic N) is 3. The molecule has 28 heavy (non-hydrogen) atoms. The first-order valence-corrected chi connectivity index (χ1v) is 10.2. The third-order valence-electron chi connectivity index (χ3n) is 6.01. The lowest BCUT2D eigenvalue weighted by Gasteiger charge is -2.32. The minimum Gasteiger partial charge on any atom is -0.335 e. The van der Waals surface area contributed by atoms with Crippen LogP contribution in [0.2, 0.25) is 0 Å². The van der Waals surface area contributed by atoms with Gasteiger partial charge in [-0.05, 0) is 56.9 Å². The van der Waals surface area contributed by atoms with Crippen molar-refractivity contribution in [2.75, 3.05) is 6.54 Å². The number of rotatable bonds is 4. The van der Waals surface area contributed by atoms with Crippen LogP contribution in [0.3, 0.4) is 0 Å². The zero-order chi connectivity index (χ0) is 19.7. The molecule has 1 amide bonds. The summed E-state index contributed by atoms with van der Waals surface area (Å²) in [5, 5.41) is 0. The van der Waals surface area contributed by atoms with Crippen molar-refractivity contribution in [1.29, 1.82) is 0 Å². The highest BCUT2D eigenvalue weighted by Crippen LogP contribution is 2.34. The number of hydrogen-bond acceptors (Lipinski definition) is 3. The zero-order valence-electron chi connectivity index (χ0n) is 16.9. The number of carbonyl (C=O) groups excluding carboxylic acids is 1. The minimum absolute atomic E-state index is 0.110. The van der Waals surface area contributed by atoms with E-state index in [0.29, 0.717) is 11.5 Å². The smallest absolute Gasteiger partial charge is 0.254 e. The molecule has 0 unspecified atom stereocenters. The molecule has 1 saturated heterocycles. The van der Waals surface area contributed by atoms with Crippen LogP contribution >= 0.6 is 0 Å². The summed E-state index contributed by atoms with van der Waals surface area (Å²) in [5.41, 5.74) is 5.50. The number of likely N-dealkylation sites (tertiary alicyclic amines) is 1. The lowest BCUT2D eigenvalue weighted by atomic mass is 9.87. The van der Waals surface area contributed by atoms with Crippen LogP contribution in [0.5, 0.6) is 0 Å². The molecule has 3 aromatic rings.